The molecule has 5 nitrogen and oxygen atoms in total. The fraction of sp³-hybridized carbons (Fsp3) is 0.0833. The zero-order valence-electron chi connectivity index (χ0n) is 10.3. The summed E-state index contributed by atoms with van der Waals surface area (Å²) < 4.78 is 4.89. The fourth-order valence-corrected chi connectivity index (χ4v) is 3.75. The van der Waals surface area contributed by atoms with Crippen molar-refractivity contribution in [2.75, 3.05) is 11.1 Å². The average Bonchev–Trinajstić information content (AvgIpc) is 2.95. The van der Waals surface area contributed by atoms with Crippen molar-refractivity contribution >= 4 is 61.3 Å². The highest BCUT2D eigenvalue weighted by molar-refractivity contribution is 7.22. The number of nitrogens with two attached hydrogens (primary N) is 1. The molecule has 20 heavy (non-hydrogen) atoms. The van der Waals surface area contributed by atoms with Crippen LogP contribution in [0.5, 0.6) is 0 Å². The second kappa shape index (κ2) is 5.01. The van der Waals surface area contributed by atoms with E-state index in [1.54, 1.807) is 13.0 Å². The highest BCUT2D eigenvalue weighted by atomic mass is 35.5. The van der Waals surface area contributed by atoms with Crippen LogP contribution in [-0.2, 0) is 0 Å². The van der Waals surface area contributed by atoms with Gasteiger partial charge >= 0.3 is 0 Å². The number of nitrogen functional groups attached to an aromatic ring is 1. The molecule has 1 amide bonds. The van der Waals surface area contributed by atoms with Crippen molar-refractivity contribution in [3.8, 4) is 0 Å². The molecule has 102 valence electrons. The summed E-state index contributed by atoms with van der Waals surface area (Å²) in [5.41, 5.74) is 6.43. The normalized spacial score (nSPS) is 10.9. The number of aromatic nitrogens is 2. The van der Waals surface area contributed by atoms with Crippen molar-refractivity contribution in [2.45, 2.75) is 6.92 Å². The van der Waals surface area contributed by atoms with E-state index in [0.29, 0.717) is 26.5 Å². The van der Waals surface area contributed by atoms with Gasteiger partial charge in [-0.1, -0.05) is 17.7 Å². The maximum atomic E-state index is 12.2. The molecule has 2 heterocycles. The molecule has 0 unspecified atom stereocenters. The van der Waals surface area contributed by atoms with Gasteiger partial charge in [0.05, 0.1) is 10.7 Å². The van der Waals surface area contributed by atoms with E-state index in [9.17, 15) is 4.79 Å². The first-order valence-electron chi connectivity index (χ1n) is 5.64. The van der Waals surface area contributed by atoms with Crippen LogP contribution >= 0.6 is 34.5 Å². The highest BCUT2D eigenvalue weighted by Gasteiger charge is 2.19. The van der Waals surface area contributed by atoms with Crippen molar-refractivity contribution in [3.05, 3.63) is 33.9 Å². The van der Waals surface area contributed by atoms with Crippen molar-refractivity contribution in [1.82, 2.24) is 9.36 Å². The molecule has 0 saturated carbocycles. The number of carbonyl (C=O) groups is 1. The number of anilines is 2. The van der Waals surface area contributed by atoms with E-state index in [4.69, 9.17) is 17.3 Å². The first-order chi connectivity index (χ1) is 9.56. The molecular formula is C12H9ClN4OS2. The molecule has 2 aromatic heterocycles. The highest BCUT2D eigenvalue weighted by Crippen LogP contribution is 2.38. The summed E-state index contributed by atoms with van der Waals surface area (Å²) in [6.45, 7) is 1.76. The van der Waals surface area contributed by atoms with Gasteiger partial charge in [-0.15, -0.1) is 11.3 Å². The summed E-state index contributed by atoms with van der Waals surface area (Å²) in [5, 5.41) is 4.41. The number of carbonyl (C=O) groups excluding carboxylic acids is 1. The number of nitrogens with zero attached hydrogens (tertiary/aromatic N) is 2. The van der Waals surface area contributed by atoms with Gasteiger partial charge in [-0.25, -0.2) is 4.98 Å². The monoisotopic (exact) mass is 324 g/mol. The molecular weight excluding hydrogens is 316 g/mol. The first-order valence-corrected chi connectivity index (χ1v) is 7.61. The smallest absolute Gasteiger partial charge is 0.269 e. The lowest BCUT2D eigenvalue weighted by Crippen LogP contribution is -2.11. The van der Waals surface area contributed by atoms with Crippen LogP contribution in [0.2, 0.25) is 5.02 Å². The van der Waals surface area contributed by atoms with Crippen molar-refractivity contribution in [2.24, 2.45) is 0 Å². The molecule has 0 aliphatic carbocycles. The van der Waals surface area contributed by atoms with Crippen LogP contribution in [0, 0.1) is 6.92 Å². The Hall–Kier alpha value is -1.70. The lowest BCUT2D eigenvalue weighted by Gasteiger charge is -1.99. The van der Waals surface area contributed by atoms with Crippen LogP contribution in [0.25, 0.3) is 10.1 Å². The lowest BCUT2D eigenvalue weighted by atomic mass is 10.2. The van der Waals surface area contributed by atoms with E-state index in [-0.39, 0.29) is 5.91 Å². The molecule has 3 N–H and O–H groups in total. The SMILES string of the molecule is Cc1nsc(NC(=O)c2sc3cccc(Cl)c3c2N)n1. The van der Waals surface area contributed by atoms with E-state index in [1.807, 2.05) is 12.1 Å². The van der Waals surface area contributed by atoms with Gasteiger partial charge in [0.1, 0.15) is 10.7 Å². The van der Waals surface area contributed by atoms with E-state index < -0.39 is 0 Å². The number of amides is 1. The van der Waals surface area contributed by atoms with Crippen molar-refractivity contribution in [3.63, 3.8) is 0 Å². The second-order valence-corrected chi connectivity index (χ2v) is 6.27. The van der Waals surface area contributed by atoms with Crippen LogP contribution in [0.3, 0.4) is 0 Å². The largest absolute Gasteiger partial charge is 0.397 e. The standard InChI is InChI=1S/C12H9ClN4OS2/c1-5-15-12(20-17-5)16-11(18)10-9(14)8-6(13)3-2-4-7(8)19-10/h2-4H,14H2,1H3,(H,15,16,17,18). The Kier molecular flexibility index (Phi) is 3.33. The summed E-state index contributed by atoms with van der Waals surface area (Å²) in [4.78, 5) is 16.8. The molecule has 0 saturated heterocycles. The Morgan fingerprint density at radius 3 is 2.90 bits per heavy atom. The number of thiophene rings is 1. The van der Waals surface area contributed by atoms with Crippen LogP contribution in [0.15, 0.2) is 18.2 Å². The number of fused-ring (bicyclic) bond motifs is 1. The van der Waals surface area contributed by atoms with Gasteiger partial charge in [-0.05, 0) is 19.1 Å². The molecule has 0 aliphatic heterocycles. The zero-order valence-corrected chi connectivity index (χ0v) is 12.7. The van der Waals surface area contributed by atoms with Gasteiger partial charge in [-0.2, -0.15) is 4.37 Å². The van der Waals surface area contributed by atoms with Gasteiger partial charge in [0.25, 0.3) is 5.91 Å². The minimum Gasteiger partial charge on any atom is -0.397 e. The van der Waals surface area contributed by atoms with Crippen LogP contribution in [0.1, 0.15) is 15.5 Å². The predicted octanol–water partition coefficient (Wildman–Crippen LogP) is 3.55. The maximum absolute atomic E-state index is 12.2. The number of hydrogen-bond donors (Lipinski definition) is 2. The van der Waals surface area contributed by atoms with Gasteiger partial charge in [0.15, 0.2) is 0 Å². The Bertz CT molecular complexity index is 811. The third kappa shape index (κ3) is 2.24. The minimum absolute atomic E-state index is 0.295. The van der Waals surface area contributed by atoms with E-state index in [1.165, 1.54) is 11.3 Å². The van der Waals surface area contributed by atoms with Crippen molar-refractivity contribution < 1.29 is 4.79 Å². The Morgan fingerprint density at radius 1 is 1.45 bits per heavy atom. The van der Waals surface area contributed by atoms with Crippen LogP contribution in [-0.4, -0.2) is 15.3 Å². The van der Waals surface area contributed by atoms with E-state index in [0.717, 1.165) is 21.6 Å². The second-order valence-electron chi connectivity index (χ2n) is 4.06. The Morgan fingerprint density at radius 2 is 2.25 bits per heavy atom. The summed E-state index contributed by atoms with van der Waals surface area (Å²) >= 11 is 8.56. The maximum Gasteiger partial charge on any atom is 0.269 e. The summed E-state index contributed by atoms with van der Waals surface area (Å²) in [7, 11) is 0. The number of halogens is 1. The molecule has 0 spiro atoms. The predicted molar refractivity (Wildman–Crippen MR) is 83.8 cm³/mol. The molecule has 3 aromatic rings. The molecule has 8 heteroatoms. The number of aryl methyl sites for hydroxylation is 1. The third-order valence-corrected chi connectivity index (χ3v) is 4.86. The van der Waals surface area contributed by atoms with Crippen molar-refractivity contribution in [1.29, 1.82) is 0 Å². The zero-order chi connectivity index (χ0) is 14.3. The van der Waals surface area contributed by atoms with Gasteiger partial charge in [0, 0.05) is 21.6 Å². The molecule has 3 rings (SSSR count). The van der Waals surface area contributed by atoms with Gasteiger partial charge in [0.2, 0.25) is 5.13 Å². The number of hydrogen-bond acceptors (Lipinski definition) is 6. The topological polar surface area (TPSA) is 80.9 Å². The summed E-state index contributed by atoms with van der Waals surface area (Å²) in [6.07, 6.45) is 0. The number of benzene rings is 1. The summed E-state index contributed by atoms with van der Waals surface area (Å²) in [6, 6.07) is 5.47. The third-order valence-electron chi connectivity index (χ3n) is 2.66. The van der Waals surface area contributed by atoms with Crippen LogP contribution < -0.4 is 11.1 Å². The molecule has 0 fully saturated rings. The lowest BCUT2D eigenvalue weighted by molar-refractivity contribution is 0.103. The van der Waals surface area contributed by atoms with Gasteiger partial charge < -0.3 is 5.73 Å². The minimum atomic E-state index is -0.295. The number of rotatable bonds is 2. The Labute approximate surface area is 127 Å². The van der Waals surface area contributed by atoms with Gasteiger partial charge in [-0.3, -0.25) is 10.1 Å². The first kappa shape index (κ1) is 13.3. The quantitative estimate of drug-likeness (QED) is 0.755. The molecule has 0 bridgehead atoms. The average molecular weight is 325 g/mol. The molecule has 1 aromatic carbocycles. The van der Waals surface area contributed by atoms with E-state index in [2.05, 4.69) is 14.7 Å². The molecule has 0 atom stereocenters. The molecule has 0 aliphatic rings. The Balaban J connectivity index is 1.99. The molecule has 0 radical (unpaired) electrons. The number of nitrogens with one attached hydrogen (secondary N) is 1. The van der Waals surface area contributed by atoms with Crippen LogP contribution in [0.4, 0.5) is 10.8 Å². The fourth-order valence-electron chi connectivity index (χ4n) is 1.80. The van der Waals surface area contributed by atoms with E-state index >= 15 is 0 Å². The summed E-state index contributed by atoms with van der Waals surface area (Å²) in [5.74, 6) is 0.327.